The molecule has 0 aliphatic carbocycles. The first-order valence-corrected chi connectivity index (χ1v) is 7.71. The van der Waals surface area contributed by atoms with E-state index in [1.807, 2.05) is 30.3 Å². The van der Waals surface area contributed by atoms with Crippen LogP contribution in [0.4, 0.5) is 0 Å². The third-order valence-electron chi connectivity index (χ3n) is 3.03. The summed E-state index contributed by atoms with van der Waals surface area (Å²) in [5, 5.41) is 10.3. The Kier molecular flexibility index (Phi) is 5.82. The number of ether oxygens (including phenoxy) is 3. The molecule has 0 amide bonds. The van der Waals surface area contributed by atoms with E-state index >= 15 is 0 Å². The fourth-order valence-electron chi connectivity index (χ4n) is 2.12. The highest BCUT2D eigenvalue weighted by Crippen LogP contribution is 2.33. The Balaban J connectivity index is 2.11. The van der Waals surface area contributed by atoms with Crippen LogP contribution < -0.4 is 0 Å². The van der Waals surface area contributed by atoms with E-state index in [1.165, 1.54) is 25.6 Å². The Morgan fingerprint density at radius 3 is 2.41 bits per heavy atom. The van der Waals surface area contributed by atoms with Crippen LogP contribution in [0, 0.1) is 0 Å². The molecule has 1 aliphatic heterocycles. The molecule has 1 aromatic rings. The molecule has 1 N–H and O–H groups in total. The van der Waals surface area contributed by atoms with Crippen molar-refractivity contribution in [1.29, 1.82) is 0 Å². The molecule has 0 bridgehead atoms. The van der Waals surface area contributed by atoms with Crippen LogP contribution in [-0.4, -0.2) is 47.4 Å². The van der Waals surface area contributed by atoms with Gasteiger partial charge < -0.3 is 19.3 Å². The summed E-state index contributed by atoms with van der Waals surface area (Å²) in [5.74, 6) is -1.06. The Morgan fingerprint density at radius 2 is 1.82 bits per heavy atom. The van der Waals surface area contributed by atoms with Crippen LogP contribution in [0.5, 0.6) is 0 Å². The highest BCUT2D eigenvalue weighted by Gasteiger charge is 2.43. The summed E-state index contributed by atoms with van der Waals surface area (Å²) in [5.41, 5.74) is -0.576. The summed E-state index contributed by atoms with van der Waals surface area (Å²) < 4.78 is 15.8. The number of esters is 2. The lowest BCUT2D eigenvalue weighted by Crippen LogP contribution is -2.54. The topological polar surface area (TPSA) is 82.1 Å². The minimum absolute atomic E-state index is 0.0447. The lowest BCUT2D eigenvalue weighted by atomic mass is 10.1. The fourth-order valence-corrected chi connectivity index (χ4v) is 3.20. The molecule has 1 saturated heterocycles. The molecule has 1 aliphatic rings. The monoisotopic (exact) mass is 326 g/mol. The predicted octanol–water partition coefficient (Wildman–Crippen LogP) is 1.36. The van der Waals surface area contributed by atoms with Crippen molar-refractivity contribution in [2.75, 3.05) is 6.61 Å². The van der Waals surface area contributed by atoms with Gasteiger partial charge in [0, 0.05) is 18.7 Å². The zero-order valence-corrected chi connectivity index (χ0v) is 13.1. The van der Waals surface area contributed by atoms with Crippen LogP contribution in [0.2, 0.25) is 0 Å². The van der Waals surface area contributed by atoms with Gasteiger partial charge in [-0.05, 0) is 12.1 Å². The first kappa shape index (κ1) is 16.8. The molecule has 0 unspecified atom stereocenters. The molecule has 0 radical (unpaired) electrons. The highest BCUT2D eigenvalue weighted by atomic mass is 32.2. The highest BCUT2D eigenvalue weighted by molar-refractivity contribution is 7.99. The summed E-state index contributed by atoms with van der Waals surface area (Å²) in [7, 11) is 0. The minimum atomic E-state index is -1.14. The van der Waals surface area contributed by atoms with Gasteiger partial charge in [-0.25, -0.2) is 0 Å². The van der Waals surface area contributed by atoms with Crippen molar-refractivity contribution >= 4 is 23.7 Å². The number of hydrogen-bond donors (Lipinski definition) is 1. The van der Waals surface area contributed by atoms with E-state index in [2.05, 4.69) is 0 Å². The molecular weight excluding hydrogens is 308 g/mol. The van der Waals surface area contributed by atoms with E-state index in [9.17, 15) is 14.7 Å². The van der Waals surface area contributed by atoms with Crippen LogP contribution in [0.1, 0.15) is 13.8 Å². The van der Waals surface area contributed by atoms with Gasteiger partial charge in [0.1, 0.15) is 11.5 Å². The molecule has 7 heteroatoms. The zero-order valence-electron chi connectivity index (χ0n) is 12.3. The molecule has 1 aromatic carbocycles. The second kappa shape index (κ2) is 7.62. The molecule has 0 saturated carbocycles. The lowest BCUT2D eigenvalue weighted by molar-refractivity contribution is -0.201. The number of aliphatic hydroxyl groups excluding tert-OH is 1. The van der Waals surface area contributed by atoms with E-state index in [0.717, 1.165) is 4.90 Å². The van der Waals surface area contributed by atoms with Gasteiger partial charge in [-0.2, -0.15) is 0 Å². The first-order chi connectivity index (χ1) is 10.5. The second-order valence-electron chi connectivity index (χ2n) is 4.85. The minimum Gasteiger partial charge on any atom is -0.457 e. The van der Waals surface area contributed by atoms with Crippen molar-refractivity contribution in [3.8, 4) is 0 Å². The normalized spacial score (nSPS) is 28.0. The van der Waals surface area contributed by atoms with Crippen LogP contribution in [0.3, 0.4) is 0 Å². The van der Waals surface area contributed by atoms with Gasteiger partial charge in [0.2, 0.25) is 0 Å². The quantitative estimate of drug-likeness (QED) is 0.837. The van der Waals surface area contributed by atoms with Gasteiger partial charge in [-0.15, -0.1) is 0 Å². The number of aliphatic hydroxyl groups is 1. The maximum Gasteiger partial charge on any atom is 0.303 e. The number of carbonyl (C=O) groups excluding carboxylic acids is 2. The van der Waals surface area contributed by atoms with Crippen LogP contribution >= 0.6 is 11.8 Å². The number of carbonyl (C=O) groups is 2. The SMILES string of the molecule is CC(=O)O[C@H]1[C@@H](O)[C@H](OC(C)=O)CO[C@@H]1Sc1ccccc1. The Hall–Kier alpha value is -1.57. The molecule has 0 spiro atoms. The first-order valence-electron chi connectivity index (χ1n) is 6.83. The summed E-state index contributed by atoms with van der Waals surface area (Å²) in [6.07, 6.45) is -2.90. The average Bonchev–Trinajstić information content (AvgIpc) is 2.46. The number of rotatable bonds is 4. The molecule has 1 heterocycles. The maximum atomic E-state index is 11.3. The van der Waals surface area contributed by atoms with Crippen LogP contribution in [0.15, 0.2) is 35.2 Å². The van der Waals surface area contributed by atoms with Crippen LogP contribution in [0.25, 0.3) is 0 Å². The van der Waals surface area contributed by atoms with Crippen molar-refractivity contribution in [2.45, 2.75) is 42.5 Å². The van der Waals surface area contributed by atoms with E-state index in [0.29, 0.717) is 0 Å². The van der Waals surface area contributed by atoms with E-state index < -0.39 is 35.7 Å². The summed E-state index contributed by atoms with van der Waals surface area (Å²) in [6, 6.07) is 9.43. The molecule has 0 aromatic heterocycles. The Bertz CT molecular complexity index is 520. The Labute approximate surface area is 132 Å². The van der Waals surface area contributed by atoms with Gasteiger partial charge in [0.15, 0.2) is 12.2 Å². The van der Waals surface area contributed by atoms with Crippen LogP contribution in [-0.2, 0) is 23.8 Å². The molecule has 6 nitrogen and oxygen atoms in total. The third-order valence-corrected chi connectivity index (χ3v) is 4.21. The summed E-state index contributed by atoms with van der Waals surface area (Å²) >= 11 is 1.34. The lowest BCUT2D eigenvalue weighted by Gasteiger charge is -2.38. The molecule has 120 valence electrons. The van der Waals surface area contributed by atoms with Gasteiger partial charge >= 0.3 is 11.9 Å². The molecule has 1 fully saturated rings. The number of benzene rings is 1. The van der Waals surface area contributed by atoms with Gasteiger partial charge in [-0.1, -0.05) is 30.0 Å². The van der Waals surface area contributed by atoms with Crippen molar-refractivity contribution in [3.05, 3.63) is 30.3 Å². The van der Waals surface area contributed by atoms with E-state index in [-0.39, 0.29) is 6.61 Å². The average molecular weight is 326 g/mol. The molecule has 22 heavy (non-hydrogen) atoms. The predicted molar refractivity (Wildman–Crippen MR) is 79.2 cm³/mol. The van der Waals surface area contributed by atoms with Crippen molar-refractivity contribution in [2.24, 2.45) is 0 Å². The van der Waals surface area contributed by atoms with Crippen molar-refractivity contribution in [1.82, 2.24) is 0 Å². The largest absolute Gasteiger partial charge is 0.457 e. The van der Waals surface area contributed by atoms with Crippen molar-refractivity contribution < 1.29 is 28.9 Å². The third kappa shape index (κ3) is 4.46. The van der Waals surface area contributed by atoms with E-state index in [1.54, 1.807) is 0 Å². The molecule has 4 atom stereocenters. The fraction of sp³-hybridized carbons (Fsp3) is 0.467. The molecule has 2 rings (SSSR count). The maximum absolute atomic E-state index is 11.3. The van der Waals surface area contributed by atoms with Gasteiger partial charge in [0.05, 0.1) is 6.61 Å². The van der Waals surface area contributed by atoms with Gasteiger partial charge in [0.25, 0.3) is 0 Å². The number of thioether (sulfide) groups is 1. The Morgan fingerprint density at radius 1 is 1.18 bits per heavy atom. The summed E-state index contributed by atoms with van der Waals surface area (Å²) in [4.78, 5) is 23.3. The van der Waals surface area contributed by atoms with E-state index in [4.69, 9.17) is 14.2 Å². The smallest absolute Gasteiger partial charge is 0.303 e. The van der Waals surface area contributed by atoms with Gasteiger partial charge in [-0.3, -0.25) is 9.59 Å². The zero-order chi connectivity index (χ0) is 16.1. The van der Waals surface area contributed by atoms with Crippen molar-refractivity contribution in [3.63, 3.8) is 0 Å². The second-order valence-corrected chi connectivity index (χ2v) is 6.02. The number of hydrogen-bond acceptors (Lipinski definition) is 7. The summed E-state index contributed by atoms with van der Waals surface area (Å²) in [6.45, 7) is 2.55. The standard InChI is InChI=1S/C15H18O6S/c1-9(16)20-12-8-19-15(14(13(12)18)21-10(2)17)22-11-6-4-3-5-7-11/h3-7,12-15,18H,8H2,1-2H3/t12-,13+,14+,15-/m1/s1. The molecular formula is C15H18O6S.